The third kappa shape index (κ3) is 3.28. The van der Waals surface area contributed by atoms with Crippen molar-refractivity contribution < 1.29 is 23.1 Å². The van der Waals surface area contributed by atoms with E-state index in [1.165, 1.54) is 12.1 Å². The standard InChI is InChI=1S/C16H13F2NO3/c1-9-3-5-10(6-4-9)14(20)16(21)19-11-7-12(17)15(22-2)13(18)8-11/h3-8H,1-2H3,(H,19,21). The number of methoxy groups -OCH3 is 1. The van der Waals surface area contributed by atoms with Crippen LogP contribution in [-0.2, 0) is 4.79 Å². The van der Waals surface area contributed by atoms with Crippen LogP contribution in [0.2, 0.25) is 0 Å². The molecule has 0 aliphatic rings. The minimum atomic E-state index is -0.979. The highest BCUT2D eigenvalue weighted by Crippen LogP contribution is 2.25. The Morgan fingerprint density at radius 1 is 1.05 bits per heavy atom. The third-order valence-electron chi connectivity index (χ3n) is 2.98. The first kappa shape index (κ1) is 15.6. The molecule has 0 saturated carbocycles. The van der Waals surface area contributed by atoms with Crippen LogP contribution < -0.4 is 10.1 Å². The Hall–Kier alpha value is -2.76. The van der Waals surface area contributed by atoms with Gasteiger partial charge in [-0.25, -0.2) is 8.78 Å². The van der Waals surface area contributed by atoms with E-state index in [1.54, 1.807) is 12.1 Å². The zero-order valence-electron chi connectivity index (χ0n) is 11.9. The van der Waals surface area contributed by atoms with Crippen molar-refractivity contribution in [1.29, 1.82) is 0 Å². The fraction of sp³-hybridized carbons (Fsp3) is 0.125. The molecule has 2 aromatic rings. The molecule has 1 amide bonds. The average Bonchev–Trinajstić information content (AvgIpc) is 2.47. The molecule has 0 unspecified atom stereocenters. The Bertz CT molecular complexity index is 704. The van der Waals surface area contributed by atoms with Crippen LogP contribution in [-0.4, -0.2) is 18.8 Å². The average molecular weight is 305 g/mol. The van der Waals surface area contributed by atoms with Crippen LogP contribution in [0.3, 0.4) is 0 Å². The molecule has 22 heavy (non-hydrogen) atoms. The van der Waals surface area contributed by atoms with Gasteiger partial charge in [0.15, 0.2) is 17.4 Å². The number of carbonyl (C=O) groups is 2. The summed E-state index contributed by atoms with van der Waals surface area (Å²) in [6, 6.07) is 8.14. The molecule has 0 radical (unpaired) electrons. The van der Waals surface area contributed by atoms with Gasteiger partial charge in [-0.15, -0.1) is 0 Å². The van der Waals surface area contributed by atoms with Gasteiger partial charge in [-0.1, -0.05) is 29.8 Å². The normalized spacial score (nSPS) is 10.2. The van der Waals surface area contributed by atoms with E-state index >= 15 is 0 Å². The van der Waals surface area contributed by atoms with E-state index in [0.29, 0.717) is 0 Å². The summed E-state index contributed by atoms with van der Waals surface area (Å²) in [4.78, 5) is 23.8. The molecule has 2 rings (SSSR count). The third-order valence-corrected chi connectivity index (χ3v) is 2.98. The van der Waals surface area contributed by atoms with Crippen molar-refractivity contribution in [3.05, 3.63) is 59.2 Å². The lowest BCUT2D eigenvalue weighted by atomic mass is 10.1. The quantitative estimate of drug-likeness (QED) is 0.697. The summed E-state index contributed by atoms with van der Waals surface area (Å²) in [7, 11) is 1.13. The largest absolute Gasteiger partial charge is 0.491 e. The molecule has 114 valence electrons. The van der Waals surface area contributed by atoms with Gasteiger partial charge in [0.25, 0.3) is 11.7 Å². The molecule has 0 spiro atoms. The maximum absolute atomic E-state index is 13.5. The first-order valence-electron chi connectivity index (χ1n) is 6.37. The fourth-order valence-electron chi connectivity index (χ4n) is 1.85. The summed E-state index contributed by atoms with van der Waals surface area (Å²) >= 11 is 0. The van der Waals surface area contributed by atoms with Crippen molar-refractivity contribution in [1.82, 2.24) is 0 Å². The SMILES string of the molecule is COc1c(F)cc(NC(=O)C(=O)c2ccc(C)cc2)cc1F. The van der Waals surface area contributed by atoms with Crippen LogP contribution >= 0.6 is 0 Å². The van der Waals surface area contributed by atoms with E-state index in [2.05, 4.69) is 10.1 Å². The predicted molar refractivity (Wildman–Crippen MR) is 77.0 cm³/mol. The van der Waals surface area contributed by atoms with Crippen molar-refractivity contribution in [2.75, 3.05) is 12.4 Å². The smallest absolute Gasteiger partial charge is 0.296 e. The summed E-state index contributed by atoms with van der Waals surface area (Å²) in [6.07, 6.45) is 0. The minimum absolute atomic E-state index is 0.165. The van der Waals surface area contributed by atoms with Gasteiger partial charge in [-0.2, -0.15) is 0 Å². The van der Waals surface area contributed by atoms with Gasteiger partial charge in [0.1, 0.15) is 0 Å². The molecular formula is C16H13F2NO3. The van der Waals surface area contributed by atoms with Gasteiger partial charge in [0.2, 0.25) is 0 Å². The van der Waals surface area contributed by atoms with E-state index in [9.17, 15) is 18.4 Å². The van der Waals surface area contributed by atoms with E-state index in [0.717, 1.165) is 24.8 Å². The maximum Gasteiger partial charge on any atom is 0.296 e. The molecule has 2 aromatic carbocycles. The van der Waals surface area contributed by atoms with Gasteiger partial charge in [-0.05, 0) is 6.92 Å². The fourth-order valence-corrected chi connectivity index (χ4v) is 1.85. The lowest BCUT2D eigenvalue weighted by Gasteiger charge is -2.08. The topological polar surface area (TPSA) is 55.4 Å². The molecule has 0 fully saturated rings. The summed E-state index contributed by atoms with van der Waals surface area (Å²) in [5.41, 5.74) is 0.968. The highest BCUT2D eigenvalue weighted by molar-refractivity contribution is 6.46. The summed E-state index contributed by atoms with van der Waals surface area (Å²) in [5.74, 6) is -4.27. The molecule has 0 saturated heterocycles. The van der Waals surface area contributed by atoms with E-state index in [1.807, 2.05) is 6.92 Å². The van der Waals surface area contributed by atoms with Gasteiger partial charge < -0.3 is 10.1 Å². The second-order valence-electron chi connectivity index (χ2n) is 4.62. The molecule has 0 aliphatic carbocycles. The molecule has 4 nitrogen and oxygen atoms in total. The van der Waals surface area contributed by atoms with Crippen molar-refractivity contribution in [3.63, 3.8) is 0 Å². The number of ether oxygens (including phenoxy) is 1. The number of anilines is 1. The second kappa shape index (κ2) is 6.34. The molecular weight excluding hydrogens is 292 g/mol. The number of halogens is 2. The summed E-state index contributed by atoms with van der Waals surface area (Å²) in [6.45, 7) is 1.84. The number of benzene rings is 2. The van der Waals surface area contributed by atoms with E-state index in [4.69, 9.17) is 0 Å². The van der Waals surface area contributed by atoms with Crippen LogP contribution in [0.1, 0.15) is 15.9 Å². The summed E-state index contributed by atoms with van der Waals surface area (Å²) in [5, 5.41) is 2.16. The Morgan fingerprint density at radius 3 is 2.09 bits per heavy atom. The Labute approximate surface area is 125 Å². The second-order valence-corrected chi connectivity index (χ2v) is 4.62. The molecule has 6 heteroatoms. The Kier molecular flexibility index (Phi) is 4.50. The maximum atomic E-state index is 13.5. The van der Waals surface area contributed by atoms with Gasteiger partial charge >= 0.3 is 0 Å². The number of aryl methyl sites for hydroxylation is 1. The zero-order chi connectivity index (χ0) is 16.3. The molecule has 0 aliphatic heterocycles. The molecule has 0 heterocycles. The van der Waals surface area contributed by atoms with E-state index < -0.39 is 29.1 Å². The van der Waals surface area contributed by atoms with Crippen LogP contribution in [0.5, 0.6) is 5.75 Å². The van der Waals surface area contributed by atoms with Gasteiger partial charge in [0.05, 0.1) is 7.11 Å². The van der Waals surface area contributed by atoms with Crippen LogP contribution in [0, 0.1) is 18.6 Å². The lowest BCUT2D eigenvalue weighted by molar-refractivity contribution is -0.112. The van der Waals surface area contributed by atoms with Crippen LogP contribution in [0.4, 0.5) is 14.5 Å². The number of nitrogens with one attached hydrogen (secondary N) is 1. The molecule has 1 N–H and O–H groups in total. The van der Waals surface area contributed by atoms with Gasteiger partial charge in [-0.3, -0.25) is 9.59 Å². The Morgan fingerprint density at radius 2 is 1.59 bits per heavy atom. The molecule has 0 bridgehead atoms. The van der Waals surface area contributed by atoms with Crippen LogP contribution in [0.15, 0.2) is 36.4 Å². The number of amides is 1. The number of hydrogen-bond acceptors (Lipinski definition) is 3. The van der Waals surface area contributed by atoms with Gasteiger partial charge in [0, 0.05) is 23.4 Å². The van der Waals surface area contributed by atoms with E-state index in [-0.39, 0.29) is 11.3 Å². The van der Waals surface area contributed by atoms with Crippen molar-refractivity contribution in [2.24, 2.45) is 0 Å². The Balaban J connectivity index is 2.18. The number of ketones is 1. The lowest BCUT2D eigenvalue weighted by Crippen LogP contribution is -2.23. The van der Waals surface area contributed by atoms with Crippen molar-refractivity contribution in [3.8, 4) is 5.75 Å². The van der Waals surface area contributed by atoms with Crippen molar-refractivity contribution >= 4 is 17.4 Å². The highest BCUT2D eigenvalue weighted by atomic mass is 19.1. The zero-order valence-corrected chi connectivity index (χ0v) is 11.9. The van der Waals surface area contributed by atoms with Crippen LogP contribution in [0.25, 0.3) is 0 Å². The minimum Gasteiger partial charge on any atom is -0.491 e. The molecule has 0 aromatic heterocycles. The number of hydrogen-bond donors (Lipinski definition) is 1. The first-order valence-corrected chi connectivity index (χ1v) is 6.37. The number of carbonyl (C=O) groups excluding carboxylic acids is 2. The predicted octanol–water partition coefficient (Wildman–Crippen LogP) is 3.10. The van der Waals surface area contributed by atoms with Crippen molar-refractivity contribution in [2.45, 2.75) is 6.92 Å². The summed E-state index contributed by atoms with van der Waals surface area (Å²) < 4.78 is 31.6. The number of Topliss-reactive ketones (excluding diaryl/α,β-unsaturated/α-hetero) is 1. The first-order chi connectivity index (χ1) is 10.4. The highest BCUT2D eigenvalue weighted by Gasteiger charge is 2.18. The molecule has 0 atom stereocenters. The number of rotatable bonds is 4. The monoisotopic (exact) mass is 305 g/mol.